The number of fused-ring (bicyclic) bond motifs is 2. The molecule has 2 nitrogen and oxygen atoms in total. The van der Waals surface area contributed by atoms with Gasteiger partial charge in [0.05, 0.1) is 0 Å². The van der Waals surface area contributed by atoms with Gasteiger partial charge in [-0.15, -0.1) is 6.58 Å². The van der Waals surface area contributed by atoms with E-state index in [0.29, 0.717) is 0 Å². The average Bonchev–Trinajstić information content (AvgIpc) is 2.67. The molecule has 180 valence electrons. The number of hydrogen-bond acceptors (Lipinski definition) is 2. The van der Waals surface area contributed by atoms with Gasteiger partial charge in [-0.3, -0.25) is 0 Å². The van der Waals surface area contributed by atoms with Gasteiger partial charge in [0, 0.05) is 0 Å². The van der Waals surface area contributed by atoms with Crippen LogP contribution in [0.2, 0.25) is 42.8 Å². The molecule has 5 heteroatoms. The molecule has 0 saturated carbocycles. The van der Waals surface area contributed by atoms with Gasteiger partial charge < -0.3 is 8.85 Å². The van der Waals surface area contributed by atoms with E-state index in [0.717, 1.165) is 17.9 Å². The van der Waals surface area contributed by atoms with Crippen molar-refractivity contribution >= 4 is 35.1 Å². The minimum Gasteiger partial charge on any atom is -0.544 e. The fourth-order valence-corrected chi connectivity index (χ4v) is 9.32. The van der Waals surface area contributed by atoms with Crippen molar-refractivity contribution in [2.24, 2.45) is 0 Å². The molecule has 33 heavy (non-hydrogen) atoms. The molecule has 0 radical (unpaired) electrons. The molecule has 0 saturated heterocycles. The average molecular weight is 497 g/mol. The van der Waals surface area contributed by atoms with Gasteiger partial charge in [-0.1, -0.05) is 65.9 Å². The van der Waals surface area contributed by atoms with E-state index >= 15 is 0 Å². The Labute approximate surface area is 205 Å². The normalized spacial score (nSPS) is 16.0. The molecule has 0 atom stereocenters. The molecule has 1 heterocycles. The fraction of sp³-hybridized carbons (Fsp3) is 0.500. The quantitative estimate of drug-likeness (QED) is 0.405. The molecule has 1 aliphatic rings. The van der Waals surface area contributed by atoms with E-state index < -0.39 is 24.7 Å². The van der Waals surface area contributed by atoms with Crippen LogP contribution in [-0.2, 0) is 6.42 Å². The van der Waals surface area contributed by atoms with Crippen LogP contribution in [0, 0.1) is 0 Å². The lowest BCUT2D eigenvalue weighted by atomic mass is 10.0. The summed E-state index contributed by atoms with van der Waals surface area (Å²) in [5.41, 5.74) is 5.06. The SMILES string of the molecule is C=C[Si]1(C)c2cc(O[Si](C)(C)C(C)(C)C)ccc2Cc2ccc(O[Si](C)(C)C(C)(C)C)cc21. The molecular formula is C28H44O2Si3. The molecule has 0 fully saturated rings. The van der Waals surface area contributed by atoms with Gasteiger partial charge in [-0.05, 0) is 88.5 Å². The highest BCUT2D eigenvalue weighted by molar-refractivity contribution is 7.05. The lowest BCUT2D eigenvalue weighted by Gasteiger charge is -2.39. The first kappa shape index (κ1) is 26.0. The van der Waals surface area contributed by atoms with E-state index in [1.165, 1.54) is 21.5 Å². The van der Waals surface area contributed by atoms with E-state index in [4.69, 9.17) is 8.85 Å². The van der Waals surface area contributed by atoms with Crippen LogP contribution in [0.3, 0.4) is 0 Å². The molecule has 0 aromatic heterocycles. The van der Waals surface area contributed by atoms with Gasteiger partial charge >= 0.3 is 0 Å². The van der Waals surface area contributed by atoms with Crippen LogP contribution in [-0.4, -0.2) is 24.7 Å². The second kappa shape index (κ2) is 8.28. The molecule has 0 amide bonds. The van der Waals surface area contributed by atoms with Crippen molar-refractivity contribution in [2.75, 3.05) is 0 Å². The van der Waals surface area contributed by atoms with E-state index in [9.17, 15) is 0 Å². The van der Waals surface area contributed by atoms with Gasteiger partial charge in [0.1, 0.15) is 19.6 Å². The predicted molar refractivity (Wildman–Crippen MR) is 152 cm³/mol. The molecule has 3 rings (SSSR count). The standard InChI is InChI=1S/C28H44O2Si3/c1-13-33(12)25-19-23(29-31(8,9)27(2,3)4)16-14-21(25)18-22-15-17-24(20-26(22)33)30-32(10,11)28(5,6)7/h13-17,19-20H,1,18H2,2-12H3. The number of rotatable bonds is 5. The van der Waals surface area contributed by atoms with Gasteiger partial charge in [-0.25, -0.2) is 0 Å². The van der Waals surface area contributed by atoms with Crippen LogP contribution < -0.4 is 19.2 Å². The highest BCUT2D eigenvalue weighted by Crippen LogP contribution is 2.39. The Balaban J connectivity index is 2.04. The van der Waals surface area contributed by atoms with Gasteiger partial charge in [0.15, 0.2) is 0 Å². The van der Waals surface area contributed by atoms with Crippen LogP contribution in [0.25, 0.3) is 0 Å². The minimum atomic E-state index is -2.12. The Bertz CT molecular complexity index is 978. The lowest BCUT2D eigenvalue weighted by Crippen LogP contribution is -2.59. The van der Waals surface area contributed by atoms with Crippen molar-refractivity contribution in [3.05, 3.63) is 59.8 Å². The zero-order valence-electron chi connectivity index (χ0n) is 22.8. The largest absolute Gasteiger partial charge is 0.544 e. The zero-order valence-corrected chi connectivity index (χ0v) is 25.8. The van der Waals surface area contributed by atoms with Crippen molar-refractivity contribution in [3.8, 4) is 11.5 Å². The van der Waals surface area contributed by atoms with Crippen molar-refractivity contribution in [3.63, 3.8) is 0 Å². The Morgan fingerprint density at radius 3 is 1.42 bits per heavy atom. The van der Waals surface area contributed by atoms with Crippen LogP contribution in [0.4, 0.5) is 0 Å². The molecule has 2 aromatic rings. The Morgan fingerprint density at radius 1 is 0.758 bits per heavy atom. The Morgan fingerprint density at radius 2 is 1.12 bits per heavy atom. The van der Waals surface area contributed by atoms with E-state index in [1.807, 2.05) is 0 Å². The maximum Gasteiger partial charge on any atom is 0.250 e. The van der Waals surface area contributed by atoms with Crippen LogP contribution in [0.5, 0.6) is 11.5 Å². The topological polar surface area (TPSA) is 18.5 Å². The third-order valence-electron chi connectivity index (χ3n) is 8.43. The summed E-state index contributed by atoms with van der Waals surface area (Å²) in [5.74, 6) is 2.02. The zero-order chi connectivity index (χ0) is 25.0. The number of benzene rings is 2. The van der Waals surface area contributed by atoms with Crippen LogP contribution in [0.15, 0.2) is 48.7 Å². The maximum absolute atomic E-state index is 6.69. The third kappa shape index (κ3) is 4.82. The molecule has 0 spiro atoms. The summed E-state index contributed by atoms with van der Waals surface area (Å²) in [5, 5.41) is 3.21. The fourth-order valence-electron chi connectivity index (χ4n) is 3.98. The monoisotopic (exact) mass is 496 g/mol. The molecule has 0 N–H and O–H groups in total. The first-order chi connectivity index (χ1) is 14.9. The highest BCUT2D eigenvalue weighted by Gasteiger charge is 2.42. The summed E-state index contributed by atoms with van der Waals surface area (Å²) in [7, 11) is -5.92. The summed E-state index contributed by atoms with van der Waals surface area (Å²) >= 11 is 0. The maximum atomic E-state index is 6.69. The molecule has 1 aliphatic heterocycles. The first-order valence-corrected chi connectivity index (χ1v) is 20.6. The van der Waals surface area contributed by atoms with Gasteiger partial charge in [0.25, 0.3) is 0 Å². The van der Waals surface area contributed by atoms with Crippen molar-refractivity contribution in [1.82, 2.24) is 0 Å². The second-order valence-electron chi connectivity index (χ2n) is 12.9. The highest BCUT2D eigenvalue weighted by atomic mass is 28.4. The molecule has 0 unspecified atom stereocenters. The Hall–Kier alpha value is -1.57. The molecule has 0 aliphatic carbocycles. The minimum absolute atomic E-state index is 0.171. The third-order valence-corrected chi connectivity index (χ3v) is 21.1. The number of hydrogen-bond donors (Lipinski definition) is 0. The first-order valence-electron chi connectivity index (χ1n) is 12.2. The van der Waals surface area contributed by atoms with E-state index in [2.05, 4.69) is 123 Å². The summed E-state index contributed by atoms with van der Waals surface area (Å²) in [6.07, 6.45) is 0.960. The van der Waals surface area contributed by atoms with E-state index in [1.54, 1.807) is 0 Å². The van der Waals surface area contributed by atoms with Gasteiger partial charge in [0.2, 0.25) is 16.6 Å². The smallest absolute Gasteiger partial charge is 0.250 e. The van der Waals surface area contributed by atoms with Crippen LogP contribution in [0.1, 0.15) is 52.7 Å². The Kier molecular flexibility index (Phi) is 6.53. The van der Waals surface area contributed by atoms with E-state index in [-0.39, 0.29) is 10.1 Å². The van der Waals surface area contributed by atoms with Crippen molar-refractivity contribution in [1.29, 1.82) is 0 Å². The van der Waals surface area contributed by atoms with Crippen LogP contribution >= 0.6 is 0 Å². The predicted octanol–water partition coefficient (Wildman–Crippen LogP) is 7.28. The summed E-state index contributed by atoms with van der Waals surface area (Å²) in [6, 6.07) is 13.6. The van der Waals surface area contributed by atoms with Gasteiger partial charge in [-0.2, -0.15) is 0 Å². The molecule has 2 aromatic carbocycles. The summed E-state index contributed by atoms with van der Waals surface area (Å²) in [4.78, 5) is 0. The summed E-state index contributed by atoms with van der Waals surface area (Å²) < 4.78 is 13.4. The lowest BCUT2D eigenvalue weighted by molar-refractivity contribution is 0.492. The molecule has 0 bridgehead atoms. The van der Waals surface area contributed by atoms with Crippen molar-refractivity contribution < 1.29 is 8.85 Å². The molecular weight excluding hydrogens is 453 g/mol. The second-order valence-corrected chi connectivity index (χ2v) is 26.3. The summed E-state index contributed by atoms with van der Waals surface area (Å²) in [6.45, 7) is 29.8. The van der Waals surface area contributed by atoms with Crippen molar-refractivity contribution in [2.45, 2.75) is 90.8 Å².